The van der Waals surface area contributed by atoms with Crippen LogP contribution in [0.25, 0.3) is 89.7 Å². The number of aromatic amines is 2. The maximum Gasteiger partial charge on any atom is 0.164 e. The fraction of sp³-hybridized carbons (Fsp3) is 0.111. The summed E-state index contributed by atoms with van der Waals surface area (Å²) in [5.41, 5.74) is 7.48. The van der Waals surface area contributed by atoms with E-state index in [0.29, 0.717) is 45.9 Å². The summed E-state index contributed by atoms with van der Waals surface area (Å²) in [6.07, 6.45) is 2.39. The van der Waals surface area contributed by atoms with Crippen molar-refractivity contribution in [2.75, 3.05) is 6.61 Å². The van der Waals surface area contributed by atoms with E-state index in [1.807, 2.05) is 78.9 Å². The van der Waals surface area contributed by atoms with Crippen LogP contribution in [0.5, 0.6) is 0 Å². The first-order chi connectivity index (χ1) is 22.2. The van der Waals surface area contributed by atoms with Gasteiger partial charge in [0.15, 0.2) is 23.3 Å². The number of nitrogens with one attached hydrogen (secondary N) is 2. The van der Waals surface area contributed by atoms with E-state index < -0.39 is 0 Å². The van der Waals surface area contributed by atoms with Crippen LogP contribution >= 0.6 is 0 Å². The Bertz CT molecular complexity index is 2480. The topological polar surface area (TPSA) is 129 Å². The van der Waals surface area contributed by atoms with Crippen molar-refractivity contribution in [3.8, 4) is 45.6 Å². The van der Waals surface area contributed by atoms with Gasteiger partial charge in [-0.25, -0.2) is 29.9 Å². The van der Waals surface area contributed by atoms with Crippen molar-refractivity contribution in [2.45, 2.75) is 19.3 Å². The van der Waals surface area contributed by atoms with E-state index in [1.54, 1.807) is 0 Å². The summed E-state index contributed by atoms with van der Waals surface area (Å²) in [6.45, 7) is 0.164. The Morgan fingerprint density at radius 2 is 0.891 bits per heavy atom. The van der Waals surface area contributed by atoms with E-state index in [2.05, 4.69) is 22.1 Å². The molecular weight excluding hydrogens is 619 g/mol. The summed E-state index contributed by atoms with van der Waals surface area (Å²) in [4.78, 5) is 37.3. The van der Waals surface area contributed by atoms with Gasteiger partial charge < -0.3 is 15.1 Å². The van der Waals surface area contributed by atoms with Gasteiger partial charge in [0.2, 0.25) is 0 Å². The number of aryl methyl sites for hydroxylation is 1. The third-order valence-electron chi connectivity index (χ3n) is 8.52. The number of nitrogens with zero attached hydrogens (tertiary/aromatic N) is 6. The number of hydrogen-bond donors (Lipinski definition) is 3. The molecule has 0 unspecified atom stereocenters. The largest absolute Gasteiger partial charge is 0.396 e. The van der Waals surface area contributed by atoms with Gasteiger partial charge in [-0.2, -0.15) is 0 Å². The van der Waals surface area contributed by atoms with Crippen LogP contribution in [0.3, 0.4) is 0 Å². The van der Waals surface area contributed by atoms with Crippen molar-refractivity contribution in [1.29, 1.82) is 0 Å². The number of hydrogen-bond acceptors (Lipinski definition) is 7. The van der Waals surface area contributed by atoms with Crippen molar-refractivity contribution in [1.82, 2.24) is 39.9 Å². The van der Waals surface area contributed by atoms with Crippen LogP contribution in [0.15, 0.2) is 91.0 Å². The normalized spacial score (nSPS) is 11.8. The predicted octanol–water partition coefficient (Wildman–Crippen LogP) is 7.18. The Hall–Kier alpha value is -5.29. The number of fused-ring (bicyclic) bond motifs is 20. The molecule has 0 amide bonds. The molecule has 2 aliphatic rings. The summed E-state index contributed by atoms with van der Waals surface area (Å²) < 4.78 is 0. The summed E-state index contributed by atoms with van der Waals surface area (Å²) >= 11 is 0. The van der Waals surface area contributed by atoms with Crippen LogP contribution in [0.1, 0.15) is 18.4 Å². The molecule has 10 heteroatoms. The Kier molecular flexibility index (Phi) is 6.90. The molecule has 0 saturated heterocycles. The van der Waals surface area contributed by atoms with Crippen molar-refractivity contribution in [2.24, 2.45) is 0 Å². The van der Waals surface area contributed by atoms with Gasteiger partial charge in [0.1, 0.15) is 22.6 Å². The molecule has 4 aromatic carbocycles. The number of unbranched alkanes of at least 4 members (excludes halogenated alkanes) is 1. The van der Waals surface area contributed by atoms with Gasteiger partial charge in [-0.15, -0.1) is 0 Å². The molecule has 225 valence electrons. The van der Waals surface area contributed by atoms with E-state index in [4.69, 9.17) is 29.9 Å². The third kappa shape index (κ3) is 4.49. The molecule has 3 aromatic heterocycles. The second-order valence-electron chi connectivity index (χ2n) is 11.3. The number of benzene rings is 4. The number of aliphatic hydroxyl groups is 1. The quantitative estimate of drug-likeness (QED) is 0.173. The Labute approximate surface area is 273 Å². The molecule has 0 saturated carbocycles. The Morgan fingerprint density at radius 3 is 1.41 bits per heavy atom. The SMILES string of the molecule is OCCCCc1cccc2c3nc4nc(nc5[nH]c(nc6nc(nc([nH]3)c12)-c1ccccc1-6)c1ccccc51)-c1ccccc1-4.[Co]. The minimum atomic E-state index is 0. The first-order valence-corrected chi connectivity index (χ1v) is 15.1. The molecule has 5 heterocycles. The van der Waals surface area contributed by atoms with Gasteiger partial charge in [-0.3, -0.25) is 0 Å². The molecule has 46 heavy (non-hydrogen) atoms. The van der Waals surface area contributed by atoms with Crippen LogP contribution < -0.4 is 0 Å². The fourth-order valence-electron chi connectivity index (χ4n) is 6.40. The minimum absolute atomic E-state index is 0. The van der Waals surface area contributed by atoms with Crippen molar-refractivity contribution in [3.05, 3.63) is 96.6 Å². The zero-order valence-electron chi connectivity index (χ0n) is 24.5. The van der Waals surface area contributed by atoms with Gasteiger partial charge in [-0.1, -0.05) is 91.0 Å². The maximum atomic E-state index is 9.45. The fourth-order valence-corrected chi connectivity index (χ4v) is 6.40. The maximum absolute atomic E-state index is 9.45. The van der Waals surface area contributed by atoms with E-state index >= 15 is 0 Å². The molecule has 0 fully saturated rings. The summed E-state index contributed by atoms with van der Waals surface area (Å²) in [5.74, 6) is 2.32. The minimum Gasteiger partial charge on any atom is -0.396 e. The Morgan fingerprint density at radius 1 is 0.457 bits per heavy atom. The van der Waals surface area contributed by atoms with Gasteiger partial charge in [0.05, 0.1) is 0 Å². The van der Waals surface area contributed by atoms with Crippen molar-refractivity contribution in [3.63, 3.8) is 0 Å². The predicted molar refractivity (Wildman–Crippen MR) is 176 cm³/mol. The molecule has 7 aromatic rings. The number of aliphatic hydroxyl groups excluding tert-OH is 1. The van der Waals surface area contributed by atoms with Crippen LogP contribution in [-0.4, -0.2) is 51.6 Å². The second kappa shape index (κ2) is 11.3. The smallest absolute Gasteiger partial charge is 0.164 e. The van der Waals surface area contributed by atoms with E-state index in [1.165, 1.54) is 0 Å². The van der Waals surface area contributed by atoms with Crippen LogP contribution in [0.4, 0.5) is 0 Å². The van der Waals surface area contributed by atoms with E-state index in [-0.39, 0.29) is 23.4 Å². The molecule has 2 aliphatic heterocycles. The van der Waals surface area contributed by atoms with Gasteiger partial charge in [0.25, 0.3) is 0 Å². The zero-order chi connectivity index (χ0) is 29.9. The monoisotopic (exact) mass is 645 g/mol. The van der Waals surface area contributed by atoms with Crippen LogP contribution in [0.2, 0.25) is 0 Å². The van der Waals surface area contributed by atoms with Crippen LogP contribution in [-0.2, 0) is 23.2 Å². The average molecular weight is 646 g/mol. The number of rotatable bonds is 4. The van der Waals surface area contributed by atoms with Gasteiger partial charge >= 0.3 is 0 Å². The van der Waals surface area contributed by atoms with E-state index in [9.17, 15) is 5.11 Å². The first-order valence-electron chi connectivity index (χ1n) is 15.1. The van der Waals surface area contributed by atoms with Crippen LogP contribution in [0, 0.1) is 0 Å². The molecular formula is C36H26CoN8O. The zero-order valence-corrected chi connectivity index (χ0v) is 25.5. The van der Waals surface area contributed by atoms with Crippen molar-refractivity contribution < 1.29 is 21.9 Å². The first kappa shape index (κ1) is 28.2. The molecule has 9 rings (SSSR count). The molecule has 3 N–H and O–H groups in total. The third-order valence-corrected chi connectivity index (χ3v) is 8.52. The second-order valence-corrected chi connectivity index (χ2v) is 11.3. The molecule has 0 atom stereocenters. The van der Waals surface area contributed by atoms with E-state index in [0.717, 1.165) is 68.6 Å². The Balaban J connectivity index is 0.00000312. The number of H-pyrrole nitrogens is 2. The molecule has 0 aliphatic carbocycles. The summed E-state index contributed by atoms with van der Waals surface area (Å²) in [6, 6.07) is 30.4. The molecule has 1 radical (unpaired) electrons. The summed E-state index contributed by atoms with van der Waals surface area (Å²) in [5, 5.41) is 13.3. The number of aromatic nitrogens is 8. The van der Waals surface area contributed by atoms with Gasteiger partial charge in [-0.05, 0) is 24.8 Å². The molecule has 0 spiro atoms. The molecule has 9 nitrogen and oxygen atoms in total. The summed E-state index contributed by atoms with van der Waals surface area (Å²) in [7, 11) is 0. The van der Waals surface area contributed by atoms with Crippen molar-refractivity contribution >= 4 is 44.1 Å². The standard InChI is InChI=1S/C36H26N8O.Co/c45-19-8-7-10-20-11-9-18-27-28(20)36-43-34-26-17-6-5-16-25(26)32(41-34)39-30-22-13-2-1-12-21(22)29(37-30)38-31-23-14-3-4-15-24(23)33(40-31)42-35(27)44-36;/h1-6,9,11-18,45H,7-8,10,19H2,(H2,37,38,39,40,41,42,43,44);. The molecule has 8 bridgehead atoms. The van der Waals surface area contributed by atoms with Gasteiger partial charge in [0, 0.05) is 67.2 Å². The average Bonchev–Trinajstić information content (AvgIpc) is 3.81.